The zero-order valence-electron chi connectivity index (χ0n) is 25.6. The molecule has 0 bridgehead atoms. The quantitative estimate of drug-likeness (QED) is 0.0750. The van der Waals surface area contributed by atoms with E-state index in [0.29, 0.717) is 39.9 Å². The number of nitrogens with two attached hydrogens (primary N) is 1. The molecule has 1 aliphatic heterocycles. The van der Waals surface area contributed by atoms with Crippen molar-refractivity contribution in [1.82, 2.24) is 15.1 Å². The van der Waals surface area contributed by atoms with Crippen molar-refractivity contribution >= 4 is 41.2 Å². The van der Waals surface area contributed by atoms with Crippen molar-refractivity contribution in [3.05, 3.63) is 70.8 Å². The minimum Gasteiger partial charge on any atom is -0.404 e. The number of allylic oxidation sites excluding steroid dienone is 3. The Kier molecular flexibility index (Phi) is 11.4. The number of hydrogen-bond donors (Lipinski definition) is 3. The van der Waals surface area contributed by atoms with Gasteiger partial charge in [-0.3, -0.25) is 14.9 Å². The number of aliphatic imine (C=N–C) groups is 2. The summed E-state index contributed by atoms with van der Waals surface area (Å²) in [4.78, 5) is 21.7. The Morgan fingerprint density at radius 2 is 1.86 bits per heavy atom. The second-order valence-corrected chi connectivity index (χ2v) is 11.4. The first-order valence-electron chi connectivity index (χ1n) is 13.7. The van der Waals surface area contributed by atoms with Gasteiger partial charge in [0.25, 0.3) is 5.92 Å². The number of halogens is 4. The van der Waals surface area contributed by atoms with E-state index in [2.05, 4.69) is 27.1 Å². The maximum Gasteiger partial charge on any atom is 0.282 e. The number of anilines is 2. The maximum atomic E-state index is 14.9. The molecule has 2 aliphatic rings. The molecule has 2 heterocycles. The molecule has 1 aromatic carbocycles. The number of nitrogens with zero attached hydrogens (tertiary/aromatic N) is 5. The summed E-state index contributed by atoms with van der Waals surface area (Å²) < 4.78 is 53.3. The number of carbonyl (C=O) groups is 1. The number of alkyl halides is 2. The fraction of sp³-hybridized carbons (Fsp3) is 0.400. The first-order valence-corrected chi connectivity index (χ1v) is 14.9. The highest BCUT2D eigenvalue weighted by Gasteiger charge is 2.43. The number of carbonyl (C=O) groups excluding carboxylic acids is 1. The predicted molar refractivity (Wildman–Crippen MR) is 169 cm³/mol. The van der Waals surface area contributed by atoms with E-state index in [4.69, 9.17) is 10.7 Å². The molecular weight excluding hydrogens is 596 g/mol. The molecular formula is C30H38F4N8OS. The summed E-state index contributed by atoms with van der Waals surface area (Å²) in [6, 6.07) is 4.48. The number of nitrogens with one attached hydrogen (secondary N) is 2. The van der Waals surface area contributed by atoms with Gasteiger partial charge in [0.2, 0.25) is 6.41 Å². The zero-order valence-corrected chi connectivity index (χ0v) is 26.5. The molecule has 14 heteroatoms. The third kappa shape index (κ3) is 8.52. The lowest BCUT2D eigenvalue weighted by atomic mass is 9.93. The molecule has 9 nitrogen and oxygen atoms in total. The predicted octanol–water partition coefficient (Wildman–Crippen LogP) is 5.89. The smallest absolute Gasteiger partial charge is 0.282 e. The van der Waals surface area contributed by atoms with Crippen LogP contribution < -0.4 is 16.0 Å². The zero-order chi connectivity index (χ0) is 32.8. The highest BCUT2D eigenvalue weighted by atomic mass is 32.2. The van der Waals surface area contributed by atoms with Crippen molar-refractivity contribution in [2.45, 2.75) is 44.4 Å². The first-order chi connectivity index (χ1) is 20.7. The molecule has 44 heavy (non-hydrogen) atoms. The van der Waals surface area contributed by atoms with Gasteiger partial charge in [-0.2, -0.15) is 5.10 Å². The lowest BCUT2D eigenvalue weighted by Gasteiger charge is -2.35. The minimum atomic E-state index is -2.61. The average molecular weight is 635 g/mol. The molecule has 1 aromatic heterocycles. The molecule has 0 atom stereocenters. The van der Waals surface area contributed by atoms with E-state index in [1.165, 1.54) is 35.0 Å². The number of likely N-dealkylation sites (tertiary alicyclic amines) is 1. The number of H-pyrrole nitrogens is 1. The lowest BCUT2D eigenvalue weighted by molar-refractivity contribution is -0.153. The summed E-state index contributed by atoms with van der Waals surface area (Å²) in [5.74, 6) is -2.29. The van der Waals surface area contributed by atoms with E-state index >= 15 is 0 Å². The molecule has 0 spiro atoms. The molecule has 1 aliphatic carbocycles. The van der Waals surface area contributed by atoms with Crippen LogP contribution in [0.5, 0.6) is 0 Å². The third-order valence-corrected chi connectivity index (χ3v) is 7.78. The number of benzene rings is 1. The fourth-order valence-electron chi connectivity index (χ4n) is 4.42. The van der Waals surface area contributed by atoms with Crippen LogP contribution in [0.3, 0.4) is 0 Å². The third-order valence-electron chi connectivity index (χ3n) is 7.07. The number of aromatic amines is 1. The maximum absolute atomic E-state index is 14.9. The Bertz CT molecular complexity index is 1480. The van der Waals surface area contributed by atoms with Crippen LogP contribution in [0, 0.1) is 24.5 Å². The van der Waals surface area contributed by atoms with Crippen LogP contribution in [0.4, 0.5) is 29.1 Å². The Hall–Kier alpha value is -4.07. The van der Waals surface area contributed by atoms with Gasteiger partial charge in [-0.25, -0.2) is 22.6 Å². The van der Waals surface area contributed by atoms with Crippen molar-refractivity contribution in [3.63, 3.8) is 0 Å². The minimum absolute atomic E-state index is 0.174. The Balaban J connectivity index is 0.000000572. The summed E-state index contributed by atoms with van der Waals surface area (Å²) in [5.41, 5.74) is 9.66. The highest BCUT2D eigenvalue weighted by molar-refractivity contribution is 7.98. The van der Waals surface area contributed by atoms with E-state index in [-0.39, 0.29) is 11.6 Å². The number of aryl methyl sites for hydroxylation is 1. The van der Waals surface area contributed by atoms with E-state index < -0.39 is 30.6 Å². The number of aromatic nitrogens is 2. The topological polar surface area (TPSA) is 115 Å². The normalized spacial score (nSPS) is 17.2. The lowest BCUT2D eigenvalue weighted by Crippen LogP contribution is -2.55. The van der Waals surface area contributed by atoms with Gasteiger partial charge < -0.3 is 20.9 Å². The van der Waals surface area contributed by atoms with E-state index in [0.717, 1.165) is 34.7 Å². The summed E-state index contributed by atoms with van der Waals surface area (Å²) in [6.45, 7) is 8.97. The second kappa shape index (κ2) is 14.6. The fourth-order valence-corrected chi connectivity index (χ4v) is 4.86. The SMILES string of the molecule is C=C(/C(=C/N)C(C)=NC)/C(=C(\N=C(/C)N(C)c1c(F)cc(SC)cc1F)Nc1cc(C)[nH]n1)C1CC1.O=CN1CC(F)(F)C1. The van der Waals surface area contributed by atoms with Gasteiger partial charge in [-0.1, -0.05) is 6.58 Å². The van der Waals surface area contributed by atoms with Gasteiger partial charge in [0, 0.05) is 53.8 Å². The molecule has 0 radical (unpaired) electrons. The first kappa shape index (κ1) is 34.4. The molecule has 2 fully saturated rings. The van der Waals surface area contributed by atoms with Crippen molar-refractivity contribution < 1.29 is 22.4 Å². The average Bonchev–Trinajstić information content (AvgIpc) is 3.71. The van der Waals surface area contributed by atoms with Crippen LogP contribution in [0.15, 0.2) is 68.4 Å². The highest BCUT2D eigenvalue weighted by Crippen LogP contribution is 2.43. The monoisotopic (exact) mass is 634 g/mol. The summed E-state index contributed by atoms with van der Waals surface area (Å²) in [6.07, 6.45) is 5.61. The number of amidine groups is 1. The van der Waals surface area contributed by atoms with Crippen molar-refractivity contribution in [2.24, 2.45) is 21.6 Å². The molecule has 0 unspecified atom stereocenters. The van der Waals surface area contributed by atoms with Crippen LogP contribution in [0.25, 0.3) is 0 Å². The van der Waals surface area contributed by atoms with Crippen LogP contribution in [-0.2, 0) is 4.79 Å². The number of hydrogen-bond acceptors (Lipinski definition) is 7. The molecule has 2 aromatic rings. The van der Waals surface area contributed by atoms with Crippen LogP contribution >= 0.6 is 11.8 Å². The van der Waals surface area contributed by atoms with Crippen molar-refractivity contribution in [1.29, 1.82) is 0 Å². The van der Waals surface area contributed by atoms with Gasteiger partial charge in [-0.05, 0) is 63.5 Å². The number of thioether (sulfide) groups is 1. The van der Waals surface area contributed by atoms with Gasteiger partial charge in [0.1, 0.15) is 17.3 Å². The summed E-state index contributed by atoms with van der Waals surface area (Å²) in [5, 5.41) is 10.5. The van der Waals surface area contributed by atoms with Crippen molar-refractivity contribution in [3.8, 4) is 0 Å². The molecule has 1 amide bonds. The summed E-state index contributed by atoms with van der Waals surface area (Å²) in [7, 11) is 3.28. The largest absolute Gasteiger partial charge is 0.404 e. The molecule has 238 valence electrons. The number of amides is 1. The number of rotatable bonds is 10. The van der Waals surface area contributed by atoms with Crippen molar-refractivity contribution in [2.75, 3.05) is 43.7 Å². The van der Waals surface area contributed by atoms with Crippen LogP contribution in [0.1, 0.15) is 32.4 Å². The standard InChI is InChI=1S/C26H33F2N7S.C4H5F2NO/c1-14-10-23(34-33-14)32-26(24(18-8-9-18)15(2)20(13-29)16(3)30-5)31-17(4)35(6)25-21(27)11-19(36-7)12-22(25)28;5-4(6)1-7(2-4)3-8/h10-13,18H,2,8-9,29H2,1,3-7H3,(H2,32,33,34);3H,1-2H2/b20-13-,26-24-,30-16?,31-17+;. The molecule has 1 saturated carbocycles. The second-order valence-electron chi connectivity index (χ2n) is 10.5. The van der Waals surface area contributed by atoms with Gasteiger partial charge >= 0.3 is 0 Å². The Morgan fingerprint density at radius 3 is 2.27 bits per heavy atom. The van der Waals surface area contributed by atoms with E-state index in [1.54, 1.807) is 27.3 Å². The molecule has 4 N–H and O–H groups in total. The van der Waals surface area contributed by atoms with E-state index in [1.807, 2.05) is 19.9 Å². The van der Waals surface area contributed by atoms with Gasteiger partial charge in [-0.15, -0.1) is 11.8 Å². The summed E-state index contributed by atoms with van der Waals surface area (Å²) >= 11 is 1.27. The van der Waals surface area contributed by atoms with Gasteiger partial charge in [0.05, 0.1) is 13.1 Å². The van der Waals surface area contributed by atoms with Crippen LogP contribution in [-0.4, -0.2) is 72.4 Å². The van der Waals surface area contributed by atoms with E-state index in [9.17, 15) is 22.4 Å². The Labute approximate surface area is 259 Å². The molecule has 1 saturated heterocycles. The van der Waals surface area contributed by atoms with Gasteiger partial charge in [0.15, 0.2) is 17.5 Å². The molecule has 4 rings (SSSR count). The van der Waals surface area contributed by atoms with Crippen LogP contribution in [0.2, 0.25) is 0 Å². The Morgan fingerprint density at radius 1 is 1.25 bits per heavy atom.